The first-order valence-corrected chi connectivity index (χ1v) is 3.37. The Labute approximate surface area is 61.0 Å². The molecule has 2 N–H and O–H groups in total. The molecule has 1 rings (SSSR count). The first kappa shape index (κ1) is 7.09. The zero-order chi connectivity index (χ0) is 7.23. The quantitative estimate of drug-likeness (QED) is 0.473. The van der Waals surface area contributed by atoms with Crippen molar-refractivity contribution in [1.29, 1.82) is 0 Å². The van der Waals surface area contributed by atoms with Gasteiger partial charge in [0, 0.05) is 25.0 Å². The lowest BCUT2D eigenvalue weighted by Gasteiger charge is -1.96. The minimum atomic E-state index is 0.860. The fourth-order valence-electron chi connectivity index (χ4n) is 0.786. The molecule has 0 aromatic carbocycles. The summed E-state index contributed by atoms with van der Waals surface area (Å²) in [6.45, 7) is 5.35. The Bertz CT molecular complexity index is 177. The van der Waals surface area contributed by atoms with Gasteiger partial charge in [-0.2, -0.15) is 0 Å². The van der Waals surface area contributed by atoms with Gasteiger partial charge in [0.25, 0.3) is 0 Å². The van der Waals surface area contributed by atoms with E-state index in [2.05, 4.69) is 22.9 Å². The van der Waals surface area contributed by atoms with Gasteiger partial charge >= 0.3 is 0 Å². The minimum absolute atomic E-state index is 0.860. The highest BCUT2D eigenvalue weighted by molar-refractivity contribution is 5.02. The van der Waals surface area contributed by atoms with Gasteiger partial charge in [-0.15, -0.1) is 6.58 Å². The van der Waals surface area contributed by atoms with Gasteiger partial charge in [0.15, 0.2) is 0 Å². The van der Waals surface area contributed by atoms with E-state index >= 15 is 0 Å². The summed E-state index contributed by atoms with van der Waals surface area (Å²) in [6, 6.07) is 4.04. The van der Waals surface area contributed by atoms with Crippen molar-refractivity contribution in [2.75, 3.05) is 6.54 Å². The first-order chi connectivity index (χ1) is 4.93. The van der Waals surface area contributed by atoms with E-state index in [9.17, 15) is 0 Å². The number of aromatic nitrogens is 1. The second kappa shape index (κ2) is 3.90. The molecule has 54 valence electrons. The van der Waals surface area contributed by atoms with Crippen molar-refractivity contribution in [2.24, 2.45) is 0 Å². The Balaban J connectivity index is 2.21. The van der Waals surface area contributed by atoms with Crippen molar-refractivity contribution in [2.45, 2.75) is 6.54 Å². The van der Waals surface area contributed by atoms with Gasteiger partial charge in [-0.25, -0.2) is 0 Å². The molecule has 0 fully saturated rings. The van der Waals surface area contributed by atoms with Crippen LogP contribution in [0.1, 0.15) is 5.69 Å². The van der Waals surface area contributed by atoms with E-state index in [1.165, 1.54) is 5.69 Å². The van der Waals surface area contributed by atoms with Crippen molar-refractivity contribution in [3.8, 4) is 0 Å². The maximum Gasteiger partial charge on any atom is 0.0359 e. The fourth-order valence-corrected chi connectivity index (χ4v) is 0.786. The Morgan fingerprint density at radius 3 is 3.20 bits per heavy atom. The summed E-state index contributed by atoms with van der Waals surface area (Å²) < 4.78 is 0. The topological polar surface area (TPSA) is 27.8 Å². The van der Waals surface area contributed by atoms with Crippen LogP contribution in [0.4, 0.5) is 0 Å². The summed E-state index contributed by atoms with van der Waals surface area (Å²) in [7, 11) is 0. The van der Waals surface area contributed by atoms with Gasteiger partial charge in [0.1, 0.15) is 0 Å². The first-order valence-electron chi connectivity index (χ1n) is 3.37. The van der Waals surface area contributed by atoms with Gasteiger partial charge in [-0.1, -0.05) is 6.08 Å². The number of rotatable bonds is 4. The van der Waals surface area contributed by atoms with Gasteiger partial charge in [0.2, 0.25) is 0 Å². The van der Waals surface area contributed by atoms with Gasteiger partial charge in [-0.3, -0.25) is 0 Å². The molecule has 0 spiro atoms. The lowest BCUT2D eigenvalue weighted by molar-refractivity contribution is 0.745. The lowest BCUT2D eigenvalue weighted by atomic mass is 10.4. The van der Waals surface area contributed by atoms with Crippen LogP contribution < -0.4 is 5.32 Å². The maximum atomic E-state index is 3.61. The highest BCUT2D eigenvalue weighted by atomic mass is 14.9. The van der Waals surface area contributed by atoms with Gasteiger partial charge in [-0.05, 0) is 12.1 Å². The van der Waals surface area contributed by atoms with Crippen molar-refractivity contribution in [3.05, 3.63) is 36.7 Å². The molecule has 0 aliphatic carbocycles. The van der Waals surface area contributed by atoms with E-state index in [4.69, 9.17) is 0 Å². The summed E-state index contributed by atoms with van der Waals surface area (Å²) in [5.41, 5.74) is 1.21. The molecule has 0 atom stereocenters. The molecule has 2 heteroatoms. The third kappa shape index (κ3) is 2.07. The molecule has 0 aliphatic rings. The highest BCUT2D eigenvalue weighted by Crippen LogP contribution is 1.91. The van der Waals surface area contributed by atoms with Crippen LogP contribution in [0.25, 0.3) is 0 Å². The third-order valence-corrected chi connectivity index (χ3v) is 1.27. The predicted molar refractivity (Wildman–Crippen MR) is 42.7 cm³/mol. The number of aromatic amines is 1. The van der Waals surface area contributed by atoms with E-state index in [0.29, 0.717) is 0 Å². The second-order valence-electron chi connectivity index (χ2n) is 2.11. The van der Waals surface area contributed by atoms with Gasteiger partial charge in [0.05, 0.1) is 0 Å². The lowest BCUT2D eigenvalue weighted by Crippen LogP contribution is -2.12. The summed E-state index contributed by atoms with van der Waals surface area (Å²) >= 11 is 0. The number of H-pyrrole nitrogens is 1. The van der Waals surface area contributed by atoms with Crippen molar-refractivity contribution in [1.82, 2.24) is 10.3 Å². The normalized spacial score (nSPS) is 9.60. The third-order valence-electron chi connectivity index (χ3n) is 1.27. The van der Waals surface area contributed by atoms with Crippen LogP contribution >= 0.6 is 0 Å². The van der Waals surface area contributed by atoms with Crippen LogP contribution in [-0.4, -0.2) is 11.5 Å². The zero-order valence-corrected chi connectivity index (χ0v) is 5.93. The maximum absolute atomic E-state index is 3.61. The molecule has 1 heterocycles. The Morgan fingerprint density at radius 2 is 2.60 bits per heavy atom. The standard InChI is InChI=1S/C8H12N2/c1-2-5-9-7-8-4-3-6-10-8/h2-4,6,9-10H,1,5,7H2. The molecule has 0 saturated heterocycles. The second-order valence-corrected chi connectivity index (χ2v) is 2.11. The molecule has 1 aromatic rings. The number of hydrogen-bond acceptors (Lipinski definition) is 1. The largest absolute Gasteiger partial charge is 0.364 e. The minimum Gasteiger partial charge on any atom is -0.364 e. The molecule has 10 heavy (non-hydrogen) atoms. The van der Waals surface area contributed by atoms with Crippen LogP contribution in [0.3, 0.4) is 0 Å². The number of nitrogens with one attached hydrogen (secondary N) is 2. The monoisotopic (exact) mass is 136 g/mol. The van der Waals surface area contributed by atoms with Crippen molar-refractivity contribution in [3.63, 3.8) is 0 Å². The molecule has 0 amide bonds. The summed E-state index contributed by atoms with van der Waals surface area (Å²) in [5, 5.41) is 3.19. The van der Waals surface area contributed by atoms with E-state index < -0.39 is 0 Å². The average molecular weight is 136 g/mol. The zero-order valence-electron chi connectivity index (χ0n) is 5.93. The van der Waals surface area contributed by atoms with E-state index in [1.54, 1.807) is 0 Å². The van der Waals surface area contributed by atoms with E-state index in [1.807, 2.05) is 18.3 Å². The molecule has 0 saturated carbocycles. The van der Waals surface area contributed by atoms with Crippen LogP contribution in [0.5, 0.6) is 0 Å². The Hall–Kier alpha value is -1.02. The molecular weight excluding hydrogens is 124 g/mol. The Morgan fingerprint density at radius 1 is 1.70 bits per heavy atom. The van der Waals surface area contributed by atoms with Crippen molar-refractivity contribution >= 4 is 0 Å². The van der Waals surface area contributed by atoms with E-state index in [0.717, 1.165) is 13.1 Å². The highest BCUT2D eigenvalue weighted by Gasteiger charge is 1.87. The van der Waals surface area contributed by atoms with E-state index in [-0.39, 0.29) is 0 Å². The predicted octanol–water partition coefficient (Wildman–Crippen LogP) is 1.29. The van der Waals surface area contributed by atoms with Crippen LogP contribution in [0, 0.1) is 0 Å². The molecule has 2 nitrogen and oxygen atoms in total. The molecule has 0 unspecified atom stereocenters. The number of hydrogen-bond donors (Lipinski definition) is 2. The van der Waals surface area contributed by atoms with Crippen LogP contribution in [-0.2, 0) is 6.54 Å². The van der Waals surface area contributed by atoms with Crippen LogP contribution in [0.15, 0.2) is 31.0 Å². The van der Waals surface area contributed by atoms with Crippen LogP contribution in [0.2, 0.25) is 0 Å². The smallest absolute Gasteiger partial charge is 0.0359 e. The molecule has 0 radical (unpaired) electrons. The SMILES string of the molecule is C=CCNCc1ccc[nH]1. The molecular formula is C8H12N2. The summed E-state index contributed by atoms with van der Waals surface area (Å²) in [5.74, 6) is 0. The average Bonchev–Trinajstić information content (AvgIpc) is 2.41. The Kier molecular flexibility index (Phi) is 2.77. The molecule has 0 aliphatic heterocycles. The molecule has 1 aromatic heterocycles. The summed E-state index contributed by atoms with van der Waals surface area (Å²) in [6.07, 6.45) is 3.77. The van der Waals surface area contributed by atoms with Crippen molar-refractivity contribution < 1.29 is 0 Å². The van der Waals surface area contributed by atoms with Gasteiger partial charge < -0.3 is 10.3 Å². The summed E-state index contributed by atoms with van der Waals surface area (Å²) in [4.78, 5) is 3.10. The fraction of sp³-hybridized carbons (Fsp3) is 0.250. The molecule has 0 bridgehead atoms.